The summed E-state index contributed by atoms with van der Waals surface area (Å²) in [4.78, 5) is 37.8. The molecule has 1 atom stereocenters. The van der Waals surface area contributed by atoms with Crippen molar-refractivity contribution in [2.45, 2.75) is 70.2 Å². The van der Waals surface area contributed by atoms with Gasteiger partial charge in [0, 0.05) is 67.7 Å². The van der Waals surface area contributed by atoms with Crippen molar-refractivity contribution in [1.29, 1.82) is 0 Å². The van der Waals surface area contributed by atoms with Crippen molar-refractivity contribution in [3.05, 3.63) is 113 Å². The lowest BCUT2D eigenvalue weighted by Gasteiger charge is -2.36. The van der Waals surface area contributed by atoms with Crippen LogP contribution in [0, 0.1) is 0 Å². The van der Waals surface area contributed by atoms with Crippen LogP contribution in [0.1, 0.15) is 83.4 Å². The van der Waals surface area contributed by atoms with Crippen molar-refractivity contribution in [3.63, 3.8) is 0 Å². The Bertz CT molecular complexity index is 1760. The summed E-state index contributed by atoms with van der Waals surface area (Å²) in [7, 11) is 0. The summed E-state index contributed by atoms with van der Waals surface area (Å²) in [6, 6.07) is 28.5. The minimum Gasteiger partial charge on any atom is -0.482 e. The molecule has 0 radical (unpaired) electrons. The summed E-state index contributed by atoms with van der Waals surface area (Å²) < 4.78 is 6.30. The number of likely N-dealkylation sites (tertiary alicyclic amines) is 3. The van der Waals surface area contributed by atoms with Crippen LogP contribution in [0.15, 0.2) is 91.1 Å². The summed E-state index contributed by atoms with van der Waals surface area (Å²) in [6.07, 6.45) is 8.00. The first-order valence-corrected chi connectivity index (χ1v) is 18.6. The standard InChI is InChI=1S/C42H50N6O3/c1-30(32-9-13-34(14-10-32)41(49)45-37-17-23-46(24-18-37)29-31-7-3-2-4-8-31)51-39-27-36(28-44-40(39)43)33-11-15-35(16-12-33)42(50)48-25-19-38(20-26-48)47-21-5-6-22-47/h2-4,7-16,27-28,30,37-38H,5-6,17-26,29H2,1H3,(H2,43,44)(H,45,49). The third-order valence-electron chi connectivity index (χ3n) is 10.9. The van der Waals surface area contributed by atoms with Gasteiger partial charge in [-0.25, -0.2) is 4.98 Å². The van der Waals surface area contributed by atoms with E-state index in [-0.39, 0.29) is 24.0 Å². The Kier molecular flexibility index (Phi) is 10.9. The second-order valence-electron chi connectivity index (χ2n) is 14.3. The van der Waals surface area contributed by atoms with Gasteiger partial charge in [-0.15, -0.1) is 0 Å². The van der Waals surface area contributed by atoms with Gasteiger partial charge in [0.1, 0.15) is 6.10 Å². The number of piperidine rings is 2. The molecule has 0 saturated carbocycles. The van der Waals surface area contributed by atoms with Gasteiger partial charge >= 0.3 is 0 Å². The second-order valence-corrected chi connectivity index (χ2v) is 14.3. The van der Waals surface area contributed by atoms with Gasteiger partial charge in [0.05, 0.1) is 0 Å². The molecule has 1 unspecified atom stereocenters. The molecule has 3 saturated heterocycles. The number of nitrogens with zero attached hydrogens (tertiary/aromatic N) is 4. The molecule has 3 aliphatic heterocycles. The summed E-state index contributed by atoms with van der Waals surface area (Å²) >= 11 is 0. The summed E-state index contributed by atoms with van der Waals surface area (Å²) in [5.74, 6) is 0.840. The number of hydrogen-bond acceptors (Lipinski definition) is 7. The maximum absolute atomic E-state index is 13.3. The quantitative estimate of drug-likeness (QED) is 0.195. The smallest absolute Gasteiger partial charge is 0.253 e. The molecule has 4 aromatic rings. The molecule has 3 N–H and O–H groups in total. The van der Waals surface area contributed by atoms with Crippen LogP contribution in [-0.4, -0.2) is 82.9 Å². The van der Waals surface area contributed by atoms with Crippen LogP contribution in [0.2, 0.25) is 0 Å². The van der Waals surface area contributed by atoms with Gasteiger partial charge in [0.25, 0.3) is 11.8 Å². The van der Waals surface area contributed by atoms with Gasteiger partial charge in [0.15, 0.2) is 11.6 Å². The number of rotatable bonds is 10. The number of carbonyl (C=O) groups is 2. The number of aromatic nitrogens is 1. The predicted octanol–water partition coefficient (Wildman–Crippen LogP) is 6.57. The Balaban J connectivity index is 0.904. The topological polar surface area (TPSA) is 104 Å². The van der Waals surface area contributed by atoms with E-state index in [9.17, 15) is 9.59 Å². The maximum atomic E-state index is 13.3. The Morgan fingerprint density at radius 3 is 2.18 bits per heavy atom. The van der Waals surface area contributed by atoms with Crippen molar-refractivity contribution < 1.29 is 14.3 Å². The van der Waals surface area contributed by atoms with Crippen molar-refractivity contribution in [2.24, 2.45) is 0 Å². The predicted molar refractivity (Wildman–Crippen MR) is 202 cm³/mol. The minimum absolute atomic E-state index is 0.0485. The Morgan fingerprint density at radius 2 is 1.49 bits per heavy atom. The SMILES string of the molecule is CC(Oc1cc(-c2ccc(C(=O)N3CCC(N4CCCC4)CC3)cc2)cnc1N)c1ccc(C(=O)NC2CCN(Cc3ccccc3)CC2)cc1. The fourth-order valence-electron chi connectivity index (χ4n) is 7.75. The van der Waals surface area contributed by atoms with E-state index in [1.54, 1.807) is 6.20 Å². The second kappa shape index (κ2) is 16.1. The molecule has 0 bridgehead atoms. The maximum Gasteiger partial charge on any atom is 0.253 e. The number of nitrogens with two attached hydrogens (primary N) is 1. The first-order chi connectivity index (χ1) is 24.9. The lowest BCUT2D eigenvalue weighted by molar-refractivity contribution is 0.0644. The molecule has 2 amide bonds. The van der Waals surface area contributed by atoms with Gasteiger partial charge in [0.2, 0.25) is 0 Å². The van der Waals surface area contributed by atoms with Crippen molar-refractivity contribution >= 4 is 17.6 Å². The van der Waals surface area contributed by atoms with Gasteiger partial charge < -0.3 is 25.6 Å². The number of hydrogen-bond donors (Lipinski definition) is 2. The molecule has 9 heteroatoms. The molecule has 51 heavy (non-hydrogen) atoms. The molecule has 0 spiro atoms. The monoisotopic (exact) mass is 686 g/mol. The molecule has 266 valence electrons. The highest BCUT2D eigenvalue weighted by Crippen LogP contribution is 2.31. The van der Waals surface area contributed by atoms with E-state index >= 15 is 0 Å². The fourth-order valence-corrected chi connectivity index (χ4v) is 7.75. The Hall–Kier alpha value is -4.73. The van der Waals surface area contributed by atoms with Crippen LogP contribution in [0.4, 0.5) is 5.82 Å². The van der Waals surface area contributed by atoms with Crippen LogP contribution in [0.25, 0.3) is 11.1 Å². The number of nitrogens with one attached hydrogen (secondary N) is 1. The van der Waals surface area contributed by atoms with Gasteiger partial charge in [-0.05, 0) is 106 Å². The third kappa shape index (κ3) is 8.60. The largest absolute Gasteiger partial charge is 0.482 e. The van der Waals surface area contributed by atoms with E-state index in [1.807, 2.05) is 72.5 Å². The van der Waals surface area contributed by atoms with Crippen LogP contribution in [0.5, 0.6) is 5.75 Å². The number of ether oxygens (including phenoxy) is 1. The number of benzene rings is 3. The molecule has 0 aliphatic carbocycles. The summed E-state index contributed by atoms with van der Waals surface area (Å²) in [6.45, 7) is 8.88. The van der Waals surface area contributed by atoms with E-state index in [0.29, 0.717) is 28.7 Å². The highest BCUT2D eigenvalue weighted by atomic mass is 16.5. The average molecular weight is 687 g/mol. The molecule has 3 aromatic carbocycles. The zero-order valence-electron chi connectivity index (χ0n) is 29.7. The molecule has 3 fully saturated rings. The number of carbonyl (C=O) groups excluding carboxylic acids is 2. The van der Waals surface area contributed by atoms with E-state index in [2.05, 4.69) is 44.4 Å². The van der Waals surface area contributed by atoms with Crippen LogP contribution < -0.4 is 15.8 Å². The van der Waals surface area contributed by atoms with E-state index in [4.69, 9.17) is 10.5 Å². The first kappa shape index (κ1) is 34.7. The zero-order valence-corrected chi connectivity index (χ0v) is 29.7. The summed E-state index contributed by atoms with van der Waals surface area (Å²) in [5, 5.41) is 3.23. The normalized spacial score (nSPS) is 18.4. The minimum atomic E-state index is -0.315. The average Bonchev–Trinajstić information content (AvgIpc) is 3.72. The number of anilines is 1. The van der Waals surface area contributed by atoms with Crippen molar-refractivity contribution in [1.82, 2.24) is 25.0 Å². The van der Waals surface area contributed by atoms with Gasteiger partial charge in [-0.3, -0.25) is 14.5 Å². The molecule has 9 nitrogen and oxygen atoms in total. The molecular weight excluding hydrogens is 637 g/mol. The van der Waals surface area contributed by atoms with Crippen molar-refractivity contribution in [3.8, 4) is 16.9 Å². The zero-order chi connectivity index (χ0) is 35.2. The van der Waals surface area contributed by atoms with Gasteiger partial charge in [-0.1, -0.05) is 54.6 Å². The first-order valence-electron chi connectivity index (χ1n) is 18.6. The molecule has 1 aromatic heterocycles. The highest BCUT2D eigenvalue weighted by Gasteiger charge is 2.29. The van der Waals surface area contributed by atoms with E-state index in [0.717, 1.165) is 75.1 Å². The van der Waals surface area contributed by atoms with Crippen LogP contribution >= 0.6 is 0 Å². The van der Waals surface area contributed by atoms with Crippen molar-refractivity contribution in [2.75, 3.05) is 45.0 Å². The Labute approximate surface area is 301 Å². The number of nitrogen functional groups attached to an aromatic ring is 1. The van der Waals surface area contributed by atoms with Crippen LogP contribution in [-0.2, 0) is 6.54 Å². The molecular formula is C42H50N6O3. The Morgan fingerprint density at radius 1 is 0.824 bits per heavy atom. The van der Waals surface area contributed by atoms with E-state index in [1.165, 1.54) is 31.5 Å². The molecule has 7 rings (SSSR count). The molecule has 3 aliphatic rings. The number of amides is 2. The van der Waals surface area contributed by atoms with Crippen LogP contribution in [0.3, 0.4) is 0 Å². The number of pyridine rings is 1. The molecule has 4 heterocycles. The lowest BCUT2D eigenvalue weighted by atomic mass is 10.0. The van der Waals surface area contributed by atoms with E-state index < -0.39 is 0 Å². The fraction of sp³-hybridized carbons (Fsp3) is 0.405. The lowest BCUT2D eigenvalue weighted by Crippen LogP contribution is -2.45. The third-order valence-corrected chi connectivity index (χ3v) is 10.9. The van der Waals surface area contributed by atoms with Gasteiger partial charge in [-0.2, -0.15) is 0 Å². The summed E-state index contributed by atoms with van der Waals surface area (Å²) in [5.41, 5.74) is 11.6. The highest BCUT2D eigenvalue weighted by molar-refractivity contribution is 5.95.